The van der Waals surface area contributed by atoms with E-state index in [-0.39, 0.29) is 6.10 Å². The summed E-state index contributed by atoms with van der Waals surface area (Å²) in [5.74, 6) is 0.779. The Morgan fingerprint density at radius 2 is 2.33 bits per heavy atom. The summed E-state index contributed by atoms with van der Waals surface area (Å²) in [5.41, 5.74) is 0. The van der Waals surface area contributed by atoms with E-state index in [2.05, 4.69) is 10.2 Å². The maximum Gasteiger partial charge on any atom is 0.101 e. The number of aliphatic hydroxyl groups excluding tert-OH is 1. The number of thiophene rings is 1. The number of rotatable bonds is 6. The number of aliphatic hydroxyl groups is 1. The van der Waals surface area contributed by atoms with Crippen molar-refractivity contribution in [2.45, 2.75) is 31.4 Å². The van der Waals surface area contributed by atoms with Gasteiger partial charge in [0.15, 0.2) is 0 Å². The molecular formula is C14H22N2OS. The van der Waals surface area contributed by atoms with E-state index in [1.165, 1.54) is 32.4 Å². The van der Waals surface area contributed by atoms with Crippen LogP contribution in [0, 0.1) is 5.92 Å². The molecule has 0 radical (unpaired) electrons. The number of nitrogens with one attached hydrogen (secondary N) is 1. The third kappa shape index (κ3) is 3.12. The minimum Gasteiger partial charge on any atom is -0.386 e. The molecule has 2 unspecified atom stereocenters. The minimum absolute atomic E-state index is 0.342. The summed E-state index contributed by atoms with van der Waals surface area (Å²) in [7, 11) is 0. The van der Waals surface area contributed by atoms with Crippen molar-refractivity contribution in [2.75, 3.05) is 26.2 Å². The van der Waals surface area contributed by atoms with Crippen molar-refractivity contribution in [1.29, 1.82) is 0 Å². The molecule has 18 heavy (non-hydrogen) atoms. The first-order valence-corrected chi connectivity index (χ1v) is 7.87. The van der Waals surface area contributed by atoms with Gasteiger partial charge in [-0.25, -0.2) is 0 Å². The molecule has 3 rings (SSSR count). The molecule has 1 saturated carbocycles. The van der Waals surface area contributed by atoms with Gasteiger partial charge < -0.3 is 15.3 Å². The van der Waals surface area contributed by atoms with Gasteiger partial charge in [0.25, 0.3) is 0 Å². The van der Waals surface area contributed by atoms with Crippen molar-refractivity contribution < 1.29 is 5.11 Å². The van der Waals surface area contributed by atoms with Gasteiger partial charge in [0.2, 0.25) is 0 Å². The van der Waals surface area contributed by atoms with E-state index in [9.17, 15) is 5.11 Å². The third-order valence-electron chi connectivity index (χ3n) is 4.02. The SMILES string of the molecule is OC(CNCC1CCN(C2CC2)C1)c1cccs1. The molecule has 0 bridgehead atoms. The highest BCUT2D eigenvalue weighted by molar-refractivity contribution is 7.10. The van der Waals surface area contributed by atoms with Gasteiger partial charge in [0, 0.05) is 24.0 Å². The van der Waals surface area contributed by atoms with Crippen molar-refractivity contribution in [3.63, 3.8) is 0 Å². The Bertz CT molecular complexity index is 364. The van der Waals surface area contributed by atoms with E-state index < -0.39 is 0 Å². The Balaban J connectivity index is 1.35. The van der Waals surface area contributed by atoms with Gasteiger partial charge in [0.05, 0.1) is 0 Å². The molecular weight excluding hydrogens is 244 g/mol. The number of nitrogens with zero attached hydrogens (tertiary/aromatic N) is 1. The monoisotopic (exact) mass is 266 g/mol. The summed E-state index contributed by atoms with van der Waals surface area (Å²) in [5, 5.41) is 15.4. The predicted molar refractivity (Wildman–Crippen MR) is 74.9 cm³/mol. The zero-order chi connectivity index (χ0) is 12.4. The molecule has 4 heteroatoms. The average molecular weight is 266 g/mol. The fraction of sp³-hybridized carbons (Fsp3) is 0.714. The van der Waals surface area contributed by atoms with E-state index in [4.69, 9.17) is 0 Å². The van der Waals surface area contributed by atoms with Crippen molar-refractivity contribution >= 4 is 11.3 Å². The van der Waals surface area contributed by atoms with Crippen LogP contribution in [-0.2, 0) is 0 Å². The standard InChI is InChI=1S/C14H22N2OS/c17-13(14-2-1-7-18-14)9-15-8-11-5-6-16(10-11)12-3-4-12/h1-2,7,11-13,15,17H,3-6,8-10H2. The minimum atomic E-state index is -0.342. The molecule has 3 nitrogen and oxygen atoms in total. The molecule has 2 aliphatic rings. The highest BCUT2D eigenvalue weighted by atomic mass is 32.1. The average Bonchev–Trinajstić information content (AvgIpc) is 2.92. The molecule has 1 aromatic rings. The van der Waals surface area contributed by atoms with Crippen molar-refractivity contribution in [2.24, 2.45) is 5.92 Å². The highest BCUT2D eigenvalue weighted by Crippen LogP contribution is 2.31. The summed E-state index contributed by atoms with van der Waals surface area (Å²) in [6, 6.07) is 4.90. The van der Waals surface area contributed by atoms with Gasteiger partial charge in [0.1, 0.15) is 6.10 Å². The number of hydrogen-bond donors (Lipinski definition) is 2. The maximum absolute atomic E-state index is 9.97. The Kier molecular flexibility index (Phi) is 3.99. The smallest absolute Gasteiger partial charge is 0.101 e. The Labute approximate surface area is 113 Å². The fourth-order valence-electron chi connectivity index (χ4n) is 2.81. The normalized spacial score (nSPS) is 26.6. The molecule has 2 N–H and O–H groups in total. The highest BCUT2D eigenvalue weighted by Gasteiger charge is 2.34. The Hall–Kier alpha value is -0.420. The lowest BCUT2D eigenvalue weighted by molar-refractivity contribution is 0.176. The molecule has 2 atom stereocenters. The second kappa shape index (κ2) is 5.70. The summed E-state index contributed by atoms with van der Waals surface area (Å²) >= 11 is 1.63. The van der Waals surface area contributed by atoms with Crippen LogP contribution in [0.5, 0.6) is 0 Å². The van der Waals surface area contributed by atoms with Crippen LogP contribution >= 0.6 is 11.3 Å². The molecule has 100 valence electrons. The van der Waals surface area contributed by atoms with Crippen LogP contribution in [0.1, 0.15) is 30.2 Å². The Morgan fingerprint density at radius 1 is 1.44 bits per heavy atom. The van der Waals surface area contributed by atoms with Crippen LogP contribution in [0.15, 0.2) is 17.5 Å². The molecule has 1 aliphatic heterocycles. The molecule has 1 saturated heterocycles. The second-order valence-corrected chi connectivity index (χ2v) is 6.55. The first kappa shape index (κ1) is 12.6. The van der Waals surface area contributed by atoms with E-state index in [0.717, 1.165) is 23.4 Å². The van der Waals surface area contributed by atoms with Crippen LogP contribution in [0.3, 0.4) is 0 Å². The third-order valence-corrected chi connectivity index (χ3v) is 5.00. The van der Waals surface area contributed by atoms with Crippen molar-refractivity contribution in [3.05, 3.63) is 22.4 Å². The lowest BCUT2D eigenvalue weighted by Gasteiger charge is -2.16. The van der Waals surface area contributed by atoms with Crippen molar-refractivity contribution in [3.8, 4) is 0 Å². The first-order valence-electron chi connectivity index (χ1n) is 6.99. The molecule has 0 amide bonds. The lowest BCUT2D eigenvalue weighted by Crippen LogP contribution is -2.29. The number of hydrogen-bond acceptors (Lipinski definition) is 4. The van der Waals surface area contributed by atoms with E-state index >= 15 is 0 Å². The zero-order valence-electron chi connectivity index (χ0n) is 10.7. The van der Waals surface area contributed by atoms with Crippen molar-refractivity contribution in [1.82, 2.24) is 10.2 Å². The quantitative estimate of drug-likeness (QED) is 0.825. The summed E-state index contributed by atoms with van der Waals surface area (Å²) in [4.78, 5) is 3.70. The van der Waals surface area contributed by atoms with Gasteiger partial charge in [-0.2, -0.15) is 0 Å². The Morgan fingerprint density at radius 3 is 3.06 bits per heavy atom. The maximum atomic E-state index is 9.97. The van der Waals surface area contributed by atoms with Crippen LogP contribution in [0.4, 0.5) is 0 Å². The largest absolute Gasteiger partial charge is 0.386 e. The van der Waals surface area contributed by atoms with Gasteiger partial charge in [-0.05, 0) is 49.7 Å². The molecule has 2 fully saturated rings. The summed E-state index contributed by atoms with van der Waals surface area (Å²) in [6.45, 7) is 4.27. The van der Waals surface area contributed by atoms with Gasteiger partial charge in [-0.3, -0.25) is 0 Å². The van der Waals surface area contributed by atoms with Crippen LogP contribution < -0.4 is 5.32 Å². The van der Waals surface area contributed by atoms with E-state index in [0.29, 0.717) is 6.54 Å². The van der Waals surface area contributed by atoms with Gasteiger partial charge in [-0.15, -0.1) is 11.3 Å². The molecule has 0 spiro atoms. The first-order chi connectivity index (χ1) is 8.83. The fourth-order valence-corrected chi connectivity index (χ4v) is 3.52. The second-order valence-electron chi connectivity index (χ2n) is 5.57. The van der Waals surface area contributed by atoms with Crippen LogP contribution in [-0.4, -0.2) is 42.2 Å². The molecule has 1 aliphatic carbocycles. The predicted octanol–water partition coefficient (Wildman–Crippen LogP) is 1.86. The topological polar surface area (TPSA) is 35.5 Å². The molecule has 0 aromatic carbocycles. The molecule has 1 aromatic heterocycles. The van der Waals surface area contributed by atoms with Crippen LogP contribution in [0.2, 0.25) is 0 Å². The van der Waals surface area contributed by atoms with Gasteiger partial charge >= 0.3 is 0 Å². The van der Waals surface area contributed by atoms with E-state index in [1.807, 2.05) is 17.5 Å². The number of likely N-dealkylation sites (tertiary alicyclic amines) is 1. The lowest BCUT2D eigenvalue weighted by atomic mass is 10.1. The summed E-state index contributed by atoms with van der Waals surface area (Å²) < 4.78 is 0. The van der Waals surface area contributed by atoms with Gasteiger partial charge in [-0.1, -0.05) is 6.07 Å². The van der Waals surface area contributed by atoms with Crippen LogP contribution in [0.25, 0.3) is 0 Å². The van der Waals surface area contributed by atoms with E-state index in [1.54, 1.807) is 11.3 Å². The zero-order valence-corrected chi connectivity index (χ0v) is 11.5. The molecule has 2 heterocycles. The summed E-state index contributed by atoms with van der Waals surface area (Å²) in [6.07, 6.45) is 3.80.